The van der Waals surface area contributed by atoms with Crippen molar-refractivity contribution in [3.63, 3.8) is 0 Å². The standard InChI is InChI=1S/C20H32N2O2Si/c1-6-8-9-10-11-12-16-13-14-18-17(15-16)19(21-24-7-2)20(23)22(18)25(3,4)5/h13-15H,6-12H2,1-5H3/b21-19-. The van der Waals surface area contributed by atoms with E-state index in [-0.39, 0.29) is 5.91 Å². The SMILES string of the molecule is CCCCCCCc1ccc2c(c1)/C(=N/OCC)C(=O)N2[Si](C)(C)C. The molecule has 1 aromatic carbocycles. The minimum Gasteiger partial charge on any atom is -0.395 e. The number of unbranched alkanes of at least 4 members (excludes halogenated alkanes) is 4. The summed E-state index contributed by atoms with van der Waals surface area (Å²) in [7, 11) is -1.83. The van der Waals surface area contributed by atoms with E-state index in [0.717, 1.165) is 17.7 Å². The van der Waals surface area contributed by atoms with Crippen molar-refractivity contribution >= 4 is 25.5 Å². The zero-order valence-corrected chi connectivity index (χ0v) is 17.4. The fourth-order valence-electron chi connectivity index (χ4n) is 3.27. The minimum atomic E-state index is -1.83. The molecule has 0 atom stereocenters. The highest BCUT2D eigenvalue weighted by Gasteiger charge is 2.41. The van der Waals surface area contributed by atoms with Crippen molar-refractivity contribution in [1.29, 1.82) is 0 Å². The van der Waals surface area contributed by atoms with E-state index < -0.39 is 8.24 Å². The average Bonchev–Trinajstić information content (AvgIpc) is 2.83. The highest BCUT2D eigenvalue weighted by molar-refractivity contribution is 6.87. The smallest absolute Gasteiger partial charge is 0.273 e. The number of amides is 1. The summed E-state index contributed by atoms with van der Waals surface area (Å²) >= 11 is 0. The van der Waals surface area contributed by atoms with Crippen LogP contribution in [0.2, 0.25) is 19.6 Å². The Morgan fingerprint density at radius 1 is 1.08 bits per heavy atom. The first kappa shape index (κ1) is 19.7. The third-order valence-corrected chi connectivity index (χ3v) is 6.27. The van der Waals surface area contributed by atoms with E-state index in [1.807, 2.05) is 11.5 Å². The molecule has 0 bridgehead atoms. The van der Waals surface area contributed by atoms with Crippen molar-refractivity contribution in [3.8, 4) is 0 Å². The highest BCUT2D eigenvalue weighted by Crippen LogP contribution is 2.34. The number of anilines is 1. The van der Waals surface area contributed by atoms with Crippen LogP contribution in [0.4, 0.5) is 5.69 Å². The molecule has 0 saturated carbocycles. The van der Waals surface area contributed by atoms with Gasteiger partial charge in [0.15, 0.2) is 13.9 Å². The maximum atomic E-state index is 12.9. The molecule has 0 aromatic heterocycles. The molecular weight excluding hydrogens is 328 g/mol. The molecule has 1 aliphatic rings. The van der Waals surface area contributed by atoms with Crippen LogP contribution in [0.15, 0.2) is 23.4 Å². The lowest BCUT2D eigenvalue weighted by Crippen LogP contribution is -2.49. The molecule has 5 heteroatoms. The Kier molecular flexibility index (Phi) is 6.82. The normalized spacial score (nSPS) is 15.8. The fraction of sp³-hybridized carbons (Fsp3) is 0.600. The van der Waals surface area contributed by atoms with Crippen molar-refractivity contribution in [2.24, 2.45) is 5.16 Å². The zero-order chi connectivity index (χ0) is 18.4. The molecule has 1 heterocycles. The average molecular weight is 361 g/mol. The van der Waals surface area contributed by atoms with E-state index in [4.69, 9.17) is 4.84 Å². The lowest BCUT2D eigenvalue weighted by Gasteiger charge is -2.30. The molecule has 4 nitrogen and oxygen atoms in total. The molecule has 0 unspecified atom stereocenters. The second-order valence-electron chi connectivity index (χ2n) is 7.68. The third kappa shape index (κ3) is 4.72. The fourth-order valence-corrected chi connectivity index (χ4v) is 4.90. The van der Waals surface area contributed by atoms with Gasteiger partial charge in [-0.15, -0.1) is 0 Å². The van der Waals surface area contributed by atoms with Gasteiger partial charge in [0.05, 0.1) is 0 Å². The van der Waals surface area contributed by atoms with Gasteiger partial charge in [-0.1, -0.05) is 63.5 Å². The van der Waals surface area contributed by atoms with Gasteiger partial charge in [0.1, 0.15) is 6.61 Å². The number of nitrogens with zero attached hydrogens (tertiary/aromatic N) is 2. The Balaban J connectivity index is 2.24. The van der Waals surface area contributed by atoms with Gasteiger partial charge in [-0.2, -0.15) is 0 Å². The van der Waals surface area contributed by atoms with E-state index in [1.54, 1.807) is 0 Å². The largest absolute Gasteiger partial charge is 0.395 e. The highest BCUT2D eigenvalue weighted by atomic mass is 28.3. The first-order valence-electron chi connectivity index (χ1n) is 9.58. The van der Waals surface area contributed by atoms with Gasteiger partial charge in [-0.25, -0.2) is 0 Å². The van der Waals surface area contributed by atoms with Crippen LogP contribution >= 0.6 is 0 Å². The monoisotopic (exact) mass is 360 g/mol. The van der Waals surface area contributed by atoms with Gasteiger partial charge in [0.25, 0.3) is 5.91 Å². The molecule has 1 amide bonds. The van der Waals surface area contributed by atoms with Crippen LogP contribution in [0.1, 0.15) is 57.1 Å². The summed E-state index contributed by atoms with van der Waals surface area (Å²) in [6.45, 7) is 11.1. The number of fused-ring (bicyclic) bond motifs is 1. The third-order valence-electron chi connectivity index (χ3n) is 4.49. The molecule has 0 fully saturated rings. The zero-order valence-electron chi connectivity index (χ0n) is 16.4. The number of aryl methyl sites for hydroxylation is 1. The number of oxime groups is 1. The summed E-state index contributed by atoms with van der Waals surface area (Å²) in [6.07, 6.45) is 7.41. The molecule has 0 aliphatic carbocycles. The van der Waals surface area contributed by atoms with Crippen molar-refractivity contribution in [2.75, 3.05) is 11.2 Å². The molecule has 0 N–H and O–H groups in total. The van der Waals surface area contributed by atoms with E-state index in [9.17, 15) is 4.79 Å². The number of rotatable bonds is 9. The van der Waals surface area contributed by atoms with E-state index in [2.05, 4.69) is 49.9 Å². The lowest BCUT2D eigenvalue weighted by molar-refractivity contribution is -0.111. The van der Waals surface area contributed by atoms with Crippen LogP contribution in [-0.4, -0.2) is 26.5 Å². The number of hydrogen-bond acceptors (Lipinski definition) is 3. The Labute approximate surface area is 153 Å². The van der Waals surface area contributed by atoms with Crippen LogP contribution < -0.4 is 4.57 Å². The number of hydrogen-bond donors (Lipinski definition) is 0. The first-order chi connectivity index (χ1) is 11.9. The van der Waals surface area contributed by atoms with Gasteiger partial charge < -0.3 is 9.40 Å². The second kappa shape index (κ2) is 8.65. The summed E-state index contributed by atoms with van der Waals surface area (Å²) in [5.74, 6) is -0.0114. The molecular formula is C20H32N2O2Si. The number of carbonyl (C=O) groups is 1. The van der Waals surface area contributed by atoms with E-state index in [0.29, 0.717) is 12.3 Å². The molecule has 0 radical (unpaired) electrons. The van der Waals surface area contributed by atoms with Crippen LogP contribution in [0.5, 0.6) is 0 Å². The van der Waals surface area contributed by atoms with Crippen LogP contribution in [0, 0.1) is 0 Å². The molecule has 138 valence electrons. The molecule has 0 spiro atoms. The van der Waals surface area contributed by atoms with Gasteiger partial charge in [0, 0.05) is 11.3 Å². The Hall–Kier alpha value is -1.62. The van der Waals surface area contributed by atoms with E-state index in [1.165, 1.54) is 37.7 Å². The molecule has 0 saturated heterocycles. The van der Waals surface area contributed by atoms with Crippen molar-refractivity contribution in [2.45, 2.75) is 72.0 Å². The quantitative estimate of drug-likeness (QED) is 0.348. The predicted molar refractivity (Wildman–Crippen MR) is 108 cm³/mol. The Morgan fingerprint density at radius 2 is 1.80 bits per heavy atom. The molecule has 2 rings (SSSR count). The molecule has 1 aliphatic heterocycles. The van der Waals surface area contributed by atoms with E-state index >= 15 is 0 Å². The number of benzene rings is 1. The topological polar surface area (TPSA) is 41.9 Å². The summed E-state index contributed by atoms with van der Waals surface area (Å²) in [4.78, 5) is 18.1. The van der Waals surface area contributed by atoms with Crippen LogP contribution in [0.25, 0.3) is 0 Å². The van der Waals surface area contributed by atoms with Gasteiger partial charge >= 0.3 is 0 Å². The Morgan fingerprint density at radius 3 is 2.44 bits per heavy atom. The summed E-state index contributed by atoms with van der Waals surface area (Å²) in [5, 5.41) is 4.14. The van der Waals surface area contributed by atoms with Crippen LogP contribution in [0.3, 0.4) is 0 Å². The molecule has 1 aromatic rings. The van der Waals surface area contributed by atoms with Crippen molar-refractivity contribution in [3.05, 3.63) is 29.3 Å². The van der Waals surface area contributed by atoms with Gasteiger partial charge in [0.2, 0.25) is 0 Å². The predicted octanol–water partition coefficient (Wildman–Crippen LogP) is 5.12. The van der Waals surface area contributed by atoms with Crippen molar-refractivity contribution < 1.29 is 9.63 Å². The molecule has 25 heavy (non-hydrogen) atoms. The van der Waals surface area contributed by atoms with Crippen molar-refractivity contribution in [1.82, 2.24) is 0 Å². The summed E-state index contributed by atoms with van der Waals surface area (Å²) in [6, 6.07) is 6.41. The first-order valence-corrected chi connectivity index (χ1v) is 13.0. The maximum Gasteiger partial charge on any atom is 0.273 e. The van der Waals surface area contributed by atoms with Gasteiger partial charge in [-0.05, 0) is 37.5 Å². The maximum absolute atomic E-state index is 12.9. The van der Waals surface area contributed by atoms with Crippen LogP contribution in [-0.2, 0) is 16.1 Å². The summed E-state index contributed by atoms with van der Waals surface area (Å²) in [5.41, 5.74) is 3.68. The lowest BCUT2D eigenvalue weighted by atomic mass is 10.0. The minimum absolute atomic E-state index is 0.0114. The Bertz CT molecular complexity index is 635. The number of carbonyl (C=O) groups excluding carboxylic acids is 1. The van der Waals surface area contributed by atoms with Gasteiger partial charge in [-0.3, -0.25) is 4.79 Å². The second-order valence-corrected chi connectivity index (χ2v) is 12.5. The summed E-state index contributed by atoms with van der Waals surface area (Å²) < 4.78 is 1.96.